The zero-order valence-corrected chi connectivity index (χ0v) is 21.0. The molecule has 0 bridgehead atoms. The number of fused-ring (bicyclic) bond motifs is 1. The van der Waals surface area contributed by atoms with Gasteiger partial charge in [-0.1, -0.05) is 29.3 Å². The summed E-state index contributed by atoms with van der Waals surface area (Å²) >= 11 is 12.0. The number of aryl methyl sites for hydroxylation is 2. The van der Waals surface area contributed by atoms with E-state index in [1.165, 1.54) is 28.0 Å². The zero-order chi connectivity index (χ0) is 26.3. The average molecular weight is 546 g/mol. The van der Waals surface area contributed by atoms with Crippen molar-refractivity contribution in [1.82, 2.24) is 39.3 Å². The molecular formula is C23H19Cl2F2N9O. The summed E-state index contributed by atoms with van der Waals surface area (Å²) in [7, 11) is 1.72. The summed E-state index contributed by atoms with van der Waals surface area (Å²) < 4.78 is 32.2. The molecule has 0 unspecified atom stereocenters. The molecule has 1 aromatic carbocycles. The van der Waals surface area contributed by atoms with Crippen molar-refractivity contribution in [3.63, 3.8) is 0 Å². The van der Waals surface area contributed by atoms with Crippen LogP contribution in [0.15, 0.2) is 43.0 Å². The molecule has 4 aromatic heterocycles. The number of halogens is 4. The number of nitrogens with one attached hydrogen (secondary N) is 1. The molecule has 190 valence electrons. The summed E-state index contributed by atoms with van der Waals surface area (Å²) in [5.74, 6) is -0.417. The molecule has 10 nitrogen and oxygen atoms in total. The van der Waals surface area contributed by atoms with Gasteiger partial charge in [0, 0.05) is 24.4 Å². The summed E-state index contributed by atoms with van der Waals surface area (Å²) in [6.07, 6.45) is 1.91. The second-order valence-electron chi connectivity index (χ2n) is 8.30. The number of benzene rings is 1. The quantitative estimate of drug-likeness (QED) is 0.318. The predicted molar refractivity (Wildman–Crippen MR) is 134 cm³/mol. The third-order valence-corrected chi connectivity index (χ3v) is 6.29. The summed E-state index contributed by atoms with van der Waals surface area (Å²) in [6.45, 7) is 1.68. The van der Waals surface area contributed by atoms with Crippen molar-refractivity contribution in [3.8, 4) is 11.3 Å². The minimum absolute atomic E-state index is 0.0792. The maximum atomic E-state index is 13.9. The molecule has 0 aliphatic carbocycles. The first-order valence-electron chi connectivity index (χ1n) is 11.0. The van der Waals surface area contributed by atoms with Gasteiger partial charge in [0.05, 0.1) is 39.6 Å². The van der Waals surface area contributed by atoms with Gasteiger partial charge in [-0.15, -0.1) is 5.10 Å². The monoisotopic (exact) mass is 545 g/mol. The third-order valence-electron chi connectivity index (χ3n) is 5.55. The van der Waals surface area contributed by atoms with E-state index in [1.807, 2.05) is 0 Å². The van der Waals surface area contributed by atoms with Gasteiger partial charge >= 0.3 is 0 Å². The van der Waals surface area contributed by atoms with Gasteiger partial charge in [0.2, 0.25) is 11.9 Å². The lowest BCUT2D eigenvalue weighted by Crippen LogP contribution is -2.20. The minimum atomic E-state index is -2.75. The lowest BCUT2D eigenvalue weighted by Gasteiger charge is -2.07. The van der Waals surface area contributed by atoms with Crippen LogP contribution in [0, 0.1) is 6.92 Å². The van der Waals surface area contributed by atoms with Crippen LogP contribution in [0.3, 0.4) is 0 Å². The SMILES string of the molecule is Cc1nn(CC(=O)Nc2ncn(Cc3ccc(Cl)c(Cl)c3)n2)c2nc(-c3cnn(C)c3)cc(C(F)F)c12. The van der Waals surface area contributed by atoms with Gasteiger partial charge in [0.25, 0.3) is 6.43 Å². The van der Waals surface area contributed by atoms with Crippen molar-refractivity contribution in [1.29, 1.82) is 0 Å². The lowest BCUT2D eigenvalue weighted by molar-refractivity contribution is -0.116. The molecule has 14 heteroatoms. The molecule has 0 radical (unpaired) electrons. The first-order valence-corrected chi connectivity index (χ1v) is 11.7. The summed E-state index contributed by atoms with van der Waals surface area (Å²) in [5.41, 5.74) is 2.02. The Balaban J connectivity index is 1.37. The van der Waals surface area contributed by atoms with Crippen LogP contribution >= 0.6 is 23.2 Å². The molecule has 0 fully saturated rings. The van der Waals surface area contributed by atoms with Crippen molar-refractivity contribution in [2.24, 2.45) is 7.05 Å². The molecule has 0 atom stereocenters. The number of hydrogen-bond donors (Lipinski definition) is 1. The van der Waals surface area contributed by atoms with Crippen molar-refractivity contribution in [3.05, 3.63) is 69.9 Å². The Morgan fingerprint density at radius 2 is 1.97 bits per heavy atom. The zero-order valence-electron chi connectivity index (χ0n) is 19.5. The van der Waals surface area contributed by atoms with E-state index in [0.717, 1.165) is 5.56 Å². The Morgan fingerprint density at radius 3 is 2.68 bits per heavy atom. The summed E-state index contributed by atoms with van der Waals surface area (Å²) in [5, 5.41) is 16.3. The largest absolute Gasteiger partial charge is 0.292 e. The van der Waals surface area contributed by atoms with E-state index in [-0.39, 0.29) is 29.1 Å². The van der Waals surface area contributed by atoms with Crippen molar-refractivity contribution in [2.75, 3.05) is 5.32 Å². The van der Waals surface area contributed by atoms with E-state index >= 15 is 0 Å². The van der Waals surface area contributed by atoms with Crippen LogP contribution in [0.1, 0.15) is 23.2 Å². The maximum absolute atomic E-state index is 13.9. The number of aromatic nitrogens is 8. The molecule has 1 N–H and O–H groups in total. The number of rotatable bonds is 7. The van der Waals surface area contributed by atoms with Gasteiger partial charge in [-0.25, -0.2) is 28.1 Å². The minimum Gasteiger partial charge on any atom is -0.292 e. The van der Waals surface area contributed by atoms with Gasteiger partial charge in [-0.3, -0.25) is 14.8 Å². The molecule has 0 spiro atoms. The van der Waals surface area contributed by atoms with Gasteiger partial charge in [0.1, 0.15) is 12.9 Å². The Morgan fingerprint density at radius 1 is 1.16 bits per heavy atom. The molecule has 37 heavy (non-hydrogen) atoms. The predicted octanol–water partition coefficient (Wildman–Crippen LogP) is 4.66. The highest BCUT2D eigenvalue weighted by molar-refractivity contribution is 6.42. The second kappa shape index (κ2) is 9.87. The molecule has 5 rings (SSSR count). The Kier molecular flexibility index (Phi) is 6.61. The Bertz CT molecular complexity index is 1630. The number of anilines is 1. The molecule has 0 saturated heterocycles. The summed E-state index contributed by atoms with van der Waals surface area (Å²) in [6, 6.07) is 6.53. The number of carbonyl (C=O) groups is 1. The fraction of sp³-hybridized carbons (Fsp3) is 0.217. The van der Waals surface area contributed by atoms with E-state index in [2.05, 4.69) is 30.6 Å². The highest BCUT2D eigenvalue weighted by Crippen LogP contribution is 2.33. The van der Waals surface area contributed by atoms with Gasteiger partial charge < -0.3 is 0 Å². The second-order valence-corrected chi connectivity index (χ2v) is 9.12. The van der Waals surface area contributed by atoms with Gasteiger partial charge in [-0.05, 0) is 30.7 Å². The molecule has 5 aromatic rings. The molecule has 0 saturated carbocycles. The van der Waals surface area contributed by atoms with E-state index in [1.54, 1.807) is 43.0 Å². The van der Waals surface area contributed by atoms with E-state index in [9.17, 15) is 13.6 Å². The van der Waals surface area contributed by atoms with Crippen molar-refractivity contribution >= 4 is 46.1 Å². The smallest absolute Gasteiger partial charge is 0.264 e. The van der Waals surface area contributed by atoms with Crippen molar-refractivity contribution < 1.29 is 13.6 Å². The number of amides is 1. The first-order chi connectivity index (χ1) is 17.7. The molecule has 0 aliphatic rings. The highest BCUT2D eigenvalue weighted by Gasteiger charge is 2.22. The Labute approximate surface area is 218 Å². The van der Waals surface area contributed by atoms with E-state index < -0.39 is 12.3 Å². The standard InChI is InChI=1S/C23H19Cl2F2N9O/c1-12-20-15(21(26)27)6-18(14-7-29-34(2)9-14)30-22(20)36(32-12)10-19(37)31-23-28-11-35(33-23)8-13-3-4-16(24)17(25)5-13/h3-7,9,11,21H,8,10H2,1-2H3,(H,31,33,37). The first kappa shape index (κ1) is 24.8. The van der Waals surface area contributed by atoms with Crippen LogP contribution in [0.25, 0.3) is 22.3 Å². The average Bonchev–Trinajstić information content (AvgIpc) is 3.55. The van der Waals surface area contributed by atoms with Crippen LogP contribution in [-0.4, -0.2) is 45.2 Å². The number of alkyl halides is 2. The molecule has 1 amide bonds. The van der Waals surface area contributed by atoms with E-state index in [4.69, 9.17) is 23.2 Å². The van der Waals surface area contributed by atoms with E-state index in [0.29, 0.717) is 33.5 Å². The molecular weight excluding hydrogens is 527 g/mol. The normalized spacial score (nSPS) is 11.5. The van der Waals surface area contributed by atoms with Crippen LogP contribution in [-0.2, 0) is 24.9 Å². The van der Waals surface area contributed by atoms with Gasteiger partial charge in [0.15, 0.2) is 5.65 Å². The van der Waals surface area contributed by atoms with Crippen LogP contribution in [0.2, 0.25) is 10.0 Å². The lowest BCUT2D eigenvalue weighted by atomic mass is 10.1. The van der Waals surface area contributed by atoms with Crippen LogP contribution in [0.4, 0.5) is 14.7 Å². The molecule has 4 heterocycles. The third kappa shape index (κ3) is 5.16. The number of pyridine rings is 1. The fourth-order valence-electron chi connectivity index (χ4n) is 3.92. The van der Waals surface area contributed by atoms with Crippen molar-refractivity contribution in [2.45, 2.75) is 26.4 Å². The number of carbonyl (C=O) groups excluding carboxylic acids is 1. The fourth-order valence-corrected chi connectivity index (χ4v) is 4.24. The topological polar surface area (TPSA) is 108 Å². The van der Waals surface area contributed by atoms with Crippen LogP contribution in [0.5, 0.6) is 0 Å². The van der Waals surface area contributed by atoms with Crippen LogP contribution < -0.4 is 5.32 Å². The number of nitrogens with zero attached hydrogens (tertiary/aromatic N) is 8. The number of hydrogen-bond acceptors (Lipinski definition) is 6. The summed E-state index contributed by atoms with van der Waals surface area (Å²) in [4.78, 5) is 21.4. The maximum Gasteiger partial charge on any atom is 0.264 e. The Hall–Kier alpha value is -3.90. The van der Waals surface area contributed by atoms with Gasteiger partial charge in [-0.2, -0.15) is 10.2 Å². The highest BCUT2D eigenvalue weighted by atomic mass is 35.5. The molecule has 0 aliphatic heterocycles.